The number of amides is 1. The number of pyridine rings is 1. The van der Waals surface area contributed by atoms with Gasteiger partial charge in [0.15, 0.2) is 5.82 Å². The van der Waals surface area contributed by atoms with Crippen molar-refractivity contribution in [3.8, 4) is 0 Å². The van der Waals surface area contributed by atoms with Crippen LogP contribution in [0.5, 0.6) is 0 Å². The average Bonchev–Trinajstić information content (AvgIpc) is 2.41. The number of aromatic nitrogens is 1. The van der Waals surface area contributed by atoms with Gasteiger partial charge in [-0.1, -0.05) is 11.6 Å². The zero-order valence-electron chi connectivity index (χ0n) is 9.84. The molecule has 2 aromatic rings. The molecule has 0 spiro atoms. The maximum Gasteiger partial charge on any atom is 0.270 e. The van der Waals surface area contributed by atoms with Gasteiger partial charge in [0.1, 0.15) is 5.82 Å². The van der Waals surface area contributed by atoms with Gasteiger partial charge >= 0.3 is 0 Å². The predicted molar refractivity (Wildman–Crippen MR) is 70.3 cm³/mol. The third kappa shape index (κ3) is 2.89. The number of nitro benzene ring substituents is 1. The minimum Gasteiger partial charge on any atom is -0.305 e. The van der Waals surface area contributed by atoms with Crippen molar-refractivity contribution in [3.05, 3.63) is 63.0 Å². The molecule has 0 fully saturated rings. The summed E-state index contributed by atoms with van der Waals surface area (Å²) >= 11 is 5.80. The molecule has 0 bridgehead atoms. The van der Waals surface area contributed by atoms with Gasteiger partial charge in [0.05, 0.1) is 15.5 Å². The molecule has 6 nitrogen and oxygen atoms in total. The highest BCUT2D eigenvalue weighted by atomic mass is 35.5. The summed E-state index contributed by atoms with van der Waals surface area (Å²) in [5.41, 5.74) is -0.843. The summed E-state index contributed by atoms with van der Waals surface area (Å²) in [6.07, 6.45) is 1.39. The lowest BCUT2D eigenvalue weighted by Crippen LogP contribution is -2.15. The minimum absolute atomic E-state index is 0.0464. The molecule has 0 aliphatic heterocycles. The Morgan fingerprint density at radius 1 is 1.40 bits per heavy atom. The number of nitrogens with one attached hydrogen (secondary N) is 1. The zero-order chi connectivity index (χ0) is 14.7. The lowest BCUT2D eigenvalue weighted by molar-refractivity contribution is -0.384. The molecule has 20 heavy (non-hydrogen) atoms. The Morgan fingerprint density at radius 3 is 2.80 bits per heavy atom. The second kappa shape index (κ2) is 5.62. The Morgan fingerprint density at radius 2 is 2.15 bits per heavy atom. The van der Waals surface area contributed by atoms with Crippen molar-refractivity contribution < 1.29 is 14.1 Å². The van der Waals surface area contributed by atoms with Crippen LogP contribution in [0.3, 0.4) is 0 Å². The molecule has 102 valence electrons. The molecule has 1 N–H and O–H groups in total. The first-order valence-corrected chi connectivity index (χ1v) is 5.72. The maximum atomic E-state index is 13.5. The molecule has 0 unspecified atom stereocenters. The minimum atomic E-state index is -0.875. The number of hydrogen-bond donors (Lipinski definition) is 1. The van der Waals surface area contributed by atoms with Gasteiger partial charge in [0.2, 0.25) is 0 Å². The lowest BCUT2D eigenvalue weighted by Gasteiger charge is -2.06. The number of halogens is 2. The number of carbonyl (C=O) groups is 1. The van der Waals surface area contributed by atoms with Gasteiger partial charge in [-0.3, -0.25) is 14.9 Å². The van der Waals surface area contributed by atoms with E-state index in [-0.39, 0.29) is 16.5 Å². The highest BCUT2D eigenvalue weighted by molar-refractivity contribution is 6.33. The van der Waals surface area contributed by atoms with E-state index in [1.807, 2.05) is 0 Å². The zero-order valence-corrected chi connectivity index (χ0v) is 10.6. The normalized spacial score (nSPS) is 10.1. The maximum absolute atomic E-state index is 13.5. The van der Waals surface area contributed by atoms with Crippen LogP contribution in [0.15, 0.2) is 36.5 Å². The van der Waals surface area contributed by atoms with E-state index in [1.54, 1.807) is 6.07 Å². The SMILES string of the molecule is O=C(Nc1ncccc1Cl)c1cc([N+](=O)[O-])ccc1F. The fourth-order valence-electron chi connectivity index (χ4n) is 1.45. The first kappa shape index (κ1) is 13.9. The van der Waals surface area contributed by atoms with E-state index in [2.05, 4.69) is 10.3 Å². The first-order chi connectivity index (χ1) is 9.49. The Hall–Kier alpha value is -2.54. The number of benzene rings is 1. The lowest BCUT2D eigenvalue weighted by atomic mass is 10.1. The van der Waals surface area contributed by atoms with Crippen molar-refractivity contribution in [1.29, 1.82) is 0 Å². The van der Waals surface area contributed by atoms with E-state index in [4.69, 9.17) is 11.6 Å². The second-order valence-corrected chi connectivity index (χ2v) is 4.12. The van der Waals surface area contributed by atoms with Gasteiger partial charge in [-0.2, -0.15) is 0 Å². The van der Waals surface area contributed by atoms with E-state index in [1.165, 1.54) is 12.3 Å². The van der Waals surface area contributed by atoms with Crippen molar-refractivity contribution in [2.75, 3.05) is 5.32 Å². The van der Waals surface area contributed by atoms with Crippen LogP contribution in [0.2, 0.25) is 5.02 Å². The average molecular weight is 296 g/mol. The summed E-state index contributed by atoms with van der Waals surface area (Å²) in [5.74, 6) is -1.70. The molecule has 0 atom stereocenters. The number of hydrogen-bond acceptors (Lipinski definition) is 4. The van der Waals surface area contributed by atoms with Crippen LogP contribution >= 0.6 is 11.6 Å². The number of nitrogens with zero attached hydrogens (tertiary/aromatic N) is 2. The van der Waals surface area contributed by atoms with Gasteiger partial charge < -0.3 is 5.32 Å². The second-order valence-electron chi connectivity index (χ2n) is 3.71. The van der Waals surface area contributed by atoms with Crippen molar-refractivity contribution >= 4 is 29.0 Å². The molecule has 1 aromatic heterocycles. The topological polar surface area (TPSA) is 85.1 Å². The molecule has 0 aliphatic carbocycles. The third-order valence-electron chi connectivity index (χ3n) is 2.40. The van der Waals surface area contributed by atoms with E-state index in [0.717, 1.165) is 18.2 Å². The molecule has 8 heteroatoms. The van der Waals surface area contributed by atoms with Gasteiger partial charge in [0, 0.05) is 18.3 Å². The summed E-state index contributed by atoms with van der Waals surface area (Å²) in [6, 6.07) is 5.73. The monoisotopic (exact) mass is 295 g/mol. The molecule has 0 aliphatic rings. The molecule has 2 rings (SSSR count). The fourth-order valence-corrected chi connectivity index (χ4v) is 1.62. The van der Waals surface area contributed by atoms with Gasteiger partial charge in [-0.25, -0.2) is 9.37 Å². The largest absolute Gasteiger partial charge is 0.305 e. The molecule has 1 heterocycles. The summed E-state index contributed by atoms with van der Waals surface area (Å²) in [4.78, 5) is 25.6. The number of anilines is 1. The van der Waals surface area contributed by atoms with Crippen LogP contribution in [0.4, 0.5) is 15.9 Å². The van der Waals surface area contributed by atoms with E-state index in [9.17, 15) is 19.3 Å². The summed E-state index contributed by atoms with van der Waals surface area (Å²) in [7, 11) is 0. The van der Waals surface area contributed by atoms with E-state index in [0.29, 0.717) is 0 Å². The number of nitro groups is 1. The molecule has 1 aromatic carbocycles. The predicted octanol–water partition coefficient (Wildman–Crippen LogP) is 3.03. The standard InChI is InChI=1S/C12H7ClFN3O3/c13-9-2-1-5-15-11(9)16-12(18)8-6-7(17(19)20)3-4-10(8)14/h1-6H,(H,15,16,18). The van der Waals surface area contributed by atoms with Crippen LogP contribution in [0.1, 0.15) is 10.4 Å². The molecule has 0 saturated carbocycles. The van der Waals surface area contributed by atoms with Crippen molar-refractivity contribution in [2.24, 2.45) is 0 Å². The summed E-state index contributed by atoms with van der Waals surface area (Å²) < 4.78 is 13.5. The molecule has 1 amide bonds. The highest BCUT2D eigenvalue weighted by Crippen LogP contribution is 2.21. The van der Waals surface area contributed by atoms with Crippen molar-refractivity contribution in [3.63, 3.8) is 0 Å². The Kier molecular flexibility index (Phi) is 3.90. The summed E-state index contributed by atoms with van der Waals surface area (Å²) in [6.45, 7) is 0. The van der Waals surface area contributed by atoms with Crippen LogP contribution in [0, 0.1) is 15.9 Å². The molecule has 0 saturated heterocycles. The van der Waals surface area contributed by atoms with Crippen molar-refractivity contribution in [2.45, 2.75) is 0 Å². The fraction of sp³-hybridized carbons (Fsp3) is 0. The number of carbonyl (C=O) groups excluding carboxylic acids is 1. The number of rotatable bonds is 3. The smallest absolute Gasteiger partial charge is 0.270 e. The van der Waals surface area contributed by atoms with Crippen molar-refractivity contribution in [1.82, 2.24) is 4.98 Å². The Bertz CT molecular complexity index is 693. The van der Waals surface area contributed by atoms with Gasteiger partial charge in [-0.05, 0) is 18.2 Å². The van der Waals surface area contributed by atoms with Crippen LogP contribution in [-0.4, -0.2) is 15.8 Å². The van der Waals surface area contributed by atoms with E-state index >= 15 is 0 Å². The van der Waals surface area contributed by atoms with Crippen LogP contribution in [0.25, 0.3) is 0 Å². The quantitative estimate of drug-likeness (QED) is 0.696. The highest BCUT2D eigenvalue weighted by Gasteiger charge is 2.18. The first-order valence-electron chi connectivity index (χ1n) is 5.35. The molecular formula is C12H7ClFN3O3. The Labute approximate surface area is 117 Å². The van der Waals surface area contributed by atoms with Crippen LogP contribution in [-0.2, 0) is 0 Å². The van der Waals surface area contributed by atoms with E-state index < -0.39 is 22.2 Å². The molecular weight excluding hydrogens is 289 g/mol. The van der Waals surface area contributed by atoms with Gasteiger partial charge in [0.25, 0.3) is 11.6 Å². The summed E-state index contributed by atoms with van der Waals surface area (Å²) in [5, 5.41) is 13.1. The Balaban J connectivity index is 2.32. The van der Waals surface area contributed by atoms with Gasteiger partial charge in [-0.15, -0.1) is 0 Å². The molecule has 0 radical (unpaired) electrons. The number of non-ortho nitro benzene ring substituents is 1. The third-order valence-corrected chi connectivity index (χ3v) is 2.70. The van der Waals surface area contributed by atoms with Crippen LogP contribution < -0.4 is 5.32 Å².